The molecule has 0 aliphatic carbocycles. The minimum absolute atomic E-state index is 0.0954. The Balaban J connectivity index is 1.28. The first-order chi connectivity index (χ1) is 17.8. The van der Waals surface area contributed by atoms with Crippen molar-refractivity contribution in [1.29, 1.82) is 0 Å². The monoisotopic (exact) mass is 486 g/mol. The minimum atomic E-state index is -0.0954. The van der Waals surface area contributed by atoms with E-state index in [-0.39, 0.29) is 11.9 Å². The molecule has 36 heavy (non-hydrogen) atoms. The summed E-state index contributed by atoms with van der Waals surface area (Å²) in [5, 5.41) is 7.98. The Morgan fingerprint density at radius 2 is 1.78 bits per heavy atom. The van der Waals surface area contributed by atoms with Crippen LogP contribution in [0.25, 0.3) is 17.3 Å². The maximum absolute atomic E-state index is 12.9. The zero-order valence-electron chi connectivity index (χ0n) is 20.6. The predicted molar refractivity (Wildman–Crippen MR) is 140 cm³/mol. The fourth-order valence-corrected chi connectivity index (χ4v) is 5.02. The van der Waals surface area contributed by atoms with Gasteiger partial charge in [0.25, 0.3) is 0 Å². The molecule has 188 valence electrons. The van der Waals surface area contributed by atoms with Gasteiger partial charge in [-0.3, -0.25) is 14.4 Å². The highest BCUT2D eigenvalue weighted by Crippen LogP contribution is 2.24. The van der Waals surface area contributed by atoms with Crippen molar-refractivity contribution in [2.75, 3.05) is 46.1 Å². The molecule has 1 amide bonds. The highest BCUT2D eigenvalue weighted by atomic mass is 16.5. The standard InChI is InChI=1S/C29H34N4O3/c34-28(30-19-27(26-13-16-36-22-26)32-14-17-35-18-15-32)12-11-25-21-33(20-23-7-3-1-4-8-23)31-29(25)24-9-5-2-6-10-24/h1-12,21,26-27H,13-20,22H2,(H,30,34)/b12-11+. The lowest BCUT2D eigenvalue weighted by Gasteiger charge is -2.37. The van der Waals surface area contributed by atoms with Gasteiger partial charge in [0.15, 0.2) is 0 Å². The topological polar surface area (TPSA) is 68.6 Å². The molecule has 2 fully saturated rings. The second-order valence-corrected chi connectivity index (χ2v) is 9.40. The molecule has 2 atom stereocenters. The first-order valence-electron chi connectivity index (χ1n) is 12.8. The molecule has 7 nitrogen and oxygen atoms in total. The van der Waals surface area contributed by atoms with Crippen molar-refractivity contribution < 1.29 is 14.3 Å². The number of hydrogen-bond donors (Lipinski definition) is 1. The zero-order chi connectivity index (χ0) is 24.6. The van der Waals surface area contributed by atoms with E-state index >= 15 is 0 Å². The van der Waals surface area contributed by atoms with Crippen molar-refractivity contribution in [3.8, 4) is 11.3 Å². The van der Waals surface area contributed by atoms with E-state index in [1.54, 1.807) is 6.08 Å². The summed E-state index contributed by atoms with van der Waals surface area (Å²) in [4.78, 5) is 15.3. The Kier molecular flexibility index (Phi) is 8.23. The number of rotatable bonds is 9. The van der Waals surface area contributed by atoms with Gasteiger partial charge in [0, 0.05) is 61.6 Å². The van der Waals surface area contributed by atoms with E-state index in [0.29, 0.717) is 19.0 Å². The van der Waals surface area contributed by atoms with Crippen molar-refractivity contribution in [1.82, 2.24) is 20.0 Å². The lowest BCUT2D eigenvalue weighted by molar-refractivity contribution is -0.116. The smallest absolute Gasteiger partial charge is 0.244 e. The van der Waals surface area contributed by atoms with Crippen molar-refractivity contribution in [3.05, 3.63) is 84.1 Å². The molecule has 2 unspecified atom stereocenters. The molecule has 2 aliphatic heterocycles. The van der Waals surface area contributed by atoms with E-state index in [0.717, 1.165) is 62.8 Å². The van der Waals surface area contributed by atoms with Gasteiger partial charge >= 0.3 is 0 Å². The summed E-state index contributed by atoms with van der Waals surface area (Å²) in [6.45, 7) is 6.12. The van der Waals surface area contributed by atoms with E-state index < -0.39 is 0 Å². The van der Waals surface area contributed by atoms with E-state index in [9.17, 15) is 4.79 Å². The molecular formula is C29H34N4O3. The van der Waals surface area contributed by atoms with E-state index in [2.05, 4.69) is 22.3 Å². The molecular weight excluding hydrogens is 452 g/mol. The number of nitrogens with one attached hydrogen (secondary N) is 1. The number of carbonyl (C=O) groups is 1. The van der Waals surface area contributed by atoms with Gasteiger partial charge in [-0.05, 0) is 18.1 Å². The van der Waals surface area contributed by atoms with Crippen molar-refractivity contribution >= 4 is 12.0 Å². The van der Waals surface area contributed by atoms with Crippen LogP contribution >= 0.6 is 0 Å². The van der Waals surface area contributed by atoms with Gasteiger partial charge in [0.1, 0.15) is 0 Å². The average Bonchev–Trinajstić information content (AvgIpc) is 3.60. The molecule has 0 spiro atoms. The van der Waals surface area contributed by atoms with E-state index in [4.69, 9.17) is 14.6 Å². The second kappa shape index (κ2) is 12.1. The Labute approximate surface area is 212 Å². The Hall–Kier alpha value is -3.26. The third-order valence-corrected chi connectivity index (χ3v) is 6.95. The molecule has 3 aromatic rings. The summed E-state index contributed by atoms with van der Waals surface area (Å²) in [5.74, 6) is 0.343. The van der Waals surface area contributed by atoms with Gasteiger partial charge < -0.3 is 14.8 Å². The summed E-state index contributed by atoms with van der Waals surface area (Å²) < 4.78 is 13.1. The van der Waals surface area contributed by atoms with Crippen LogP contribution in [-0.4, -0.2) is 72.7 Å². The molecule has 2 aliphatic rings. The number of benzene rings is 2. The van der Waals surface area contributed by atoms with E-state index in [1.165, 1.54) is 5.56 Å². The predicted octanol–water partition coefficient (Wildman–Crippen LogP) is 3.47. The van der Waals surface area contributed by atoms with Gasteiger partial charge in [-0.1, -0.05) is 60.7 Å². The fraction of sp³-hybridized carbons (Fsp3) is 0.379. The summed E-state index contributed by atoms with van der Waals surface area (Å²) in [7, 11) is 0. The quantitative estimate of drug-likeness (QED) is 0.469. The first kappa shape index (κ1) is 24.4. The number of hydrogen-bond acceptors (Lipinski definition) is 5. The summed E-state index contributed by atoms with van der Waals surface area (Å²) in [6.07, 6.45) is 6.53. The lowest BCUT2D eigenvalue weighted by Crippen LogP contribution is -2.52. The largest absolute Gasteiger partial charge is 0.381 e. The highest BCUT2D eigenvalue weighted by molar-refractivity contribution is 5.92. The number of ether oxygens (including phenoxy) is 2. The van der Waals surface area contributed by atoms with Gasteiger partial charge in [-0.2, -0.15) is 5.10 Å². The third kappa shape index (κ3) is 6.29. The van der Waals surface area contributed by atoms with Gasteiger partial charge in [-0.25, -0.2) is 0 Å². The van der Waals surface area contributed by atoms with Crippen LogP contribution in [0.15, 0.2) is 72.9 Å². The number of amides is 1. The molecule has 1 aromatic heterocycles. The molecule has 0 radical (unpaired) electrons. The van der Waals surface area contributed by atoms with Gasteiger partial charge in [0.05, 0.1) is 32.1 Å². The molecule has 5 rings (SSSR count). The molecule has 0 bridgehead atoms. The Morgan fingerprint density at radius 1 is 1.03 bits per heavy atom. The summed E-state index contributed by atoms with van der Waals surface area (Å²) >= 11 is 0. The van der Waals surface area contributed by atoms with E-state index in [1.807, 2.05) is 65.5 Å². The third-order valence-electron chi connectivity index (χ3n) is 6.95. The normalized spacial score (nSPS) is 19.5. The van der Waals surface area contributed by atoms with Gasteiger partial charge in [0.2, 0.25) is 5.91 Å². The van der Waals surface area contributed by atoms with Crippen LogP contribution < -0.4 is 5.32 Å². The highest BCUT2D eigenvalue weighted by Gasteiger charge is 2.31. The average molecular weight is 487 g/mol. The molecule has 0 saturated carbocycles. The molecule has 7 heteroatoms. The SMILES string of the molecule is O=C(/C=C/c1cn(Cc2ccccc2)nc1-c1ccccc1)NCC(C1CCOC1)N1CCOCC1. The zero-order valence-corrected chi connectivity index (χ0v) is 20.6. The fourth-order valence-electron chi connectivity index (χ4n) is 5.02. The molecule has 2 saturated heterocycles. The van der Waals surface area contributed by atoms with Crippen molar-refractivity contribution in [2.24, 2.45) is 5.92 Å². The van der Waals surface area contributed by atoms with Crippen LogP contribution in [0.2, 0.25) is 0 Å². The molecule has 2 aromatic carbocycles. The van der Waals surface area contributed by atoms with Crippen LogP contribution in [0.5, 0.6) is 0 Å². The number of nitrogens with zero attached hydrogens (tertiary/aromatic N) is 3. The summed E-state index contributed by atoms with van der Waals surface area (Å²) in [6, 6.07) is 20.6. The molecule has 3 heterocycles. The maximum Gasteiger partial charge on any atom is 0.244 e. The summed E-state index contributed by atoms with van der Waals surface area (Å²) in [5.41, 5.74) is 3.99. The van der Waals surface area contributed by atoms with Crippen molar-refractivity contribution in [3.63, 3.8) is 0 Å². The van der Waals surface area contributed by atoms with Crippen LogP contribution in [0.3, 0.4) is 0 Å². The van der Waals surface area contributed by atoms with Crippen molar-refractivity contribution in [2.45, 2.75) is 19.0 Å². The lowest BCUT2D eigenvalue weighted by atomic mass is 9.97. The Bertz CT molecular complexity index is 1130. The minimum Gasteiger partial charge on any atom is -0.381 e. The van der Waals surface area contributed by atoms with Crippen LogP contribution in [-0.2, 0) is 20.8 Å². The molecule has 1 N–H and O–H groups in total. The maximum atomic E-state index is 12.9. The van der Waals surface area contributed by atoms with Crippen LogP contribution in [0, 0.1) is 5.92 Å². The first-order valence-corrected chi connectivity index (χ1v) is 12.8. The second-order valence-electron chi connectivity index (χ2n) is 9.40. The number of aromatic nitrogens is 2. The van der Waals surface area contributed by atoms with Crippen LogP contribution in [0.1, 0.15) is 17.5 Å². The number of morpholine rings is 1. The Morgan fingerprint density at radius 3 is 2.50 bits per heavy atom. The number of carbonyl (C=O) groups excluding carboxylic acids is 1. The van der Waals surface area contributed by atoms with Crippen LogP contribution in [0.4, 0.5) is 0 Å². The van der Waals surface area contributed by atoms with Gasteiger partial charge in [-0.15, -0.1) is 0 Å².